The molecule has 0 radical (unpaired) electrons. The SMILES string of the molecule is Cc1cccnc1Nc1cccc([C@@H]2CCCN2CC(=O)Nc2ccccc2F)n1. The van der Waals surface area contributed by atoms with Crippen LogP contribution < -0.4 is 10.6 Å². The zero-order chi connectivity index (χ0) is 20.9. The number of benzene rings is 1. The maximum atomic E-state index is 13.8. The van der Waals surface area contributed by atoms with E-state index in [2.05, 4.69) is 20.5 Å². The van der Waals surface area contributed by atoms with Crippen molar-refractivity contribution in [3.8, 4) is 0 Å². The van der Waals surface area contributed by atoms with Gasteiger partial charge in [0.2, 0.25) is 5.91 Å². The molecule has 0 saturated carbocycles. The standard InChI is InChI=1S/C23H24FN5O/c1-16-7-5-13-25-23(16)28-21-12-4-10-19(26-21)20-11-6-14-29(20)15-22(30)27-18-9-3-2-8-17(18)24/h2-5,7-10,12-13,20H,6,11,14-15H2,1H3,(H,27,30)(H,25,26,28)/t20-/m0/s1. The first-order valence-electron chi connectivity index (χ1n) is 10.0. The highest BCUT2D eigenvalue weighted by Crippen LogP contribution is 2.31. The number of rotatable bonds is 6. The Morgan fingerprint density at radius 2 is 2.03 bits per heavy atom. The number of aromatic nitrogens is 2. The number of amides is 1. The first kappa shape index (κ1) is 20.0. The lowest BCUT2D eigenvalue weighted by molar-refractivity contribution is -0.117. The number of carbonyl (C=O) groups is 1. The maximum absolute atomic E-state index is 13.8. The molecule has 0 bridgehead atoms. The summed E-state index contributed by atoms with van der Waals surface area (Å²) in [7, 11) is 0. The third-order valence-corrected chi connectivity index (χ3v) is 5.23. The van der Waals surface area contributed by atoms with E-state index in [0.717, 1.165) is 42.3 Å². The highest BCUT2D eigenvalue weighted by molar-refractivity contribution is 5.92. The van der Waals surface area contributed by atoms with Gasteiger partial charge >= 0.3 is 0 Å². The van der Waals surface area contributed by atoms with Gasteiger partial charge < -0.3 is 10.6 Å². The molecule has 154 valence electrons. The molecule has 1 amide bonds. The molecule has 4 rings (SSSR count). The number of hydrogen-bond acceptors (Lipinski definition) is 5. The van der Waals surface area contributed by atoms with E-state index in [1.54, 1.807) is 24.4 Å². The zero-order valence-corrected chi connectivity index (χ0v) is 16.8. The molecule has 1 fully saturated rings. The van der Waals surface area contributed by atoms with Crippen LogP contribution in [0.25, 0.3) is 0 Å². The highest BCUT2D eigenvalue weighted by Gasteiger charge is 2.29. The lowest BCUT2D eigenvalue weighted by Gasteiger charge is -2.24. The van der Waals surface area contributed by atoms with Gasteiger partial charge in [0, 0.05) is 6.20 Å². The van der Waals surface area contributed by atoms with E-state index < -0.39 is 5.82 Å². The van der Waals surface area contributed by atoms with Crippen LogP contribution in [0.5, 0.6) is 0 Å². The topological polar surface area (TPSA) is 70.2 Å². The number of likely N-dealkylation sites (tertiary alicyclic amines) is 1. The number of nitrogens with zero attached hydrogens (tertiary/aromatic N) is 3. The van der Waals surface area contributed by atoms with E-state index in [0.29, 0.717) is 0 Å². The van der Waals surface area contributed by atoms with Crippen molar-refractivity contribution in [3.63, 3.8) is 0 Å². The van der Waals surface area contributed by atoms with Crippen LogP contribution in [-0.2, 0) is 4.79 Å². The van der Waals surface area contributed by atoms with Crippen molar-refractivity contribution in [2.75, 3.05) is 23.7 Å². The van der Waals surface area contributed by atoms with Crippen LogP contribution in [0.4, 0.5) is 21.7 Å². The Kier molecular flexibility index (Phi) is 5.99. The molecule has 0 spiro atoms. The van der Waals surface area contributed by atoms with Crippen LogP contribution in [0.1, 0.15) is 30.1 Å². The van der Waals surface area contributed by atoms with E-state index in [1.807, 2.05) is 37.3 Å². The molecule has 1 aromatic carbocycles. The Hall–Kier alpha value is -3.32. The molecular weight excluding hydrogens is 381 g/mol. The second-order valence-corrected chi connectivity index (χ2v) is 7.40. The Labute approximate surface area is 175 Å². The first-order valence-corrected chi connectivity index (χ1v) is 10.0. The summed E-state index contributed by atoms with van der Waals surface area (Å²) >= 11 is 0. The minimum absolute atomic E-state index is 0.0444. The minimum Gasteiger partial charge on any atom is -0.325 e. The number of para-hydroxylation sites is 1. The molecule has 1 atom stereocenters. The van der Waals surface area contributed by atoms with E-state index >= 15 is 0 Å². The molecule has 0 unspecified atom stereocenters. The highest BCUT2D eigenvalue weighted by atomic mass is 19.1. The van der Waals surface area contributed by atoms with Crippen LogP contribution in [-0.4, -0.2) is 33.9 Å². The number of anilines is 3. The second-order valence-electron chi connectivity index (χ2n) is 7.40. The van der Waals surface area contributed by atoms with Gasteiger partial charge in [0.15, 0.2) is 0 Å². The van der Waals surface area contributed by atoms with E-state index in [-0.39, 0.29) is 24.2 Å². The number of pyridine rings is 2. The van der Waals surface area contributed by atoms with Gasteiger partial charge in [0.25, 0.3) is 0 Å². The lowest BCUT2D eigenvalue weighted by Crippen LogP contribution is -2.33. The van der Waals surface area contributed by atoms with Crippen LogP contribution in [0.15, 0.2) is 60.8 Å². The summed E-state index contributed by atoms with van der Waals surface area (Å²) in [6.07, 6.45) is 3.65. The van der Waals surface area contributed by atoms with E-state index in [1.165, 1.54) is 6.07 Å². The Balaban J connectivity index is 1.45. The van der Waals surface area contributed by atoms with Crippen LogP contribution in [0.3, 0.4) is 0 Å². The van der Waals surface area contributed by atoms with Gasteiger partial charge in [-0.2, -0.15) is 0 Å². The summed E-state index contributed by atoms with van der Waals surface area (Å²) in [4.78, 5) is 23.7. The Morgan fingerprint density at radius 1 is 1.17 bits per heavy atom. The maximum Gasteiger partial charge on any atom is 0.238 e. The number of hydrogen-bond donors (Lipinski definition) is 2. The first-order chi connectivity index (χ1) is 14.6. The largest absolute Gasteiger partial charge is 0.325 e. The third kappa shape index (κ3) is 4.63. The molecule has 7 heteroatoms. The second kappa shape index (κ2) is 9.00. The number of aryl methyl sites for hydroxylation is 1. The molecule has 2 aromatic heterocycles. The van der Waals surface area contributed by atoms with Crippen LogP contribution in [0, 0.1) is 12.7 Å². The van der Waals surface area contributed by atoms with Gasteiger partial charge in [0.1, 0.15) is 17.5 Å². The number of carbonyl (C=O) groups excluding carboxylic acids is 1. The van der Waals surface area contributed by atoms with Crippen LogP contribution in [0.2, 0.25) is 0 Å². The average Bonchev–Trinajstić information content (AvgIpc) is 3.20. The summed E-state index contributed by atoms with van der Waals surface area (Å²) in [5, 5.41) is 5.93. The Morgan fingerprint density at radius 3 is 2.87 bits per heavy atom. The van der Waals surface area contributed by atoms with Crippen molar-refractivity contribution in [2.24, 2.45) is 0 Å². The predicted octanol–water partition coefficient (Wildman–Crippen LogP) is 4.44. The van der Waals surface area contributed by atoms with Gasteiger partial charge in [-0.15, -0.1) is 0 Å². The molecule has 3 aromatic rings. The lowest BCUT2D eigenvalue weighted by atomic mass is 10.1. The zero-order valence-electron chi connectivity index (χ0n) is 16.8. The van der Waals surface area contributed by atoms with Crippen molar-refractivity contribution < 1.29 is 9.18 Å². The van der Waals surface area contributed by atoms with E-state index in [4.69, 9.17) is 4.98 Å². The summed E-state index contributed by atoms with van der Waals surface area (Å²) in [6, 6.07) is 16.0. The fourth-order valence-electron chi connectivity index (χ4n) is 3.73. The molecule has 1 aliphatic rings. The van der Waals surface area contributed by atoms with Crippen LogP contribution >= 0.6 is 0 Å². The summed E-state index contributed by atoms with van der Waals surface area (Å²) < 4.78 is 13.8. The molecule has 1 aliphatic heterocycles. The Bertz CT molecular complexity index is 1040. The summed E-state index contributed by atoms with van der Waals surface area (Å²) in [5.41, 5.74) is 2.15. The van der Waals surface area contributed by atoms with Crippen molar-refractivity contribution in [1.82, 2.24) is 14.9 Å². The quantitative estimate of drug-likeness (QED) is 0.634. The van der Waals surface area contributed by atoms with Gasteiger partial charge in [0.05, 0.1) is 24.0 Å². The van der Waals surface area contributed by atoms with Crippen molar-refractivity contribution >= 4 is 23.2 Å². The summed E-state index contributed by atoms with van der Waals surface area (Å²) in [6.45, 7) is 2.98. The summed E-state index contributed by atoms with van der Waals surface area (Å²) in [5.74, 6) is 0.825. The number of nitrogens with one attached hydrogen (secondary N) is 2. The van der Waals surface area contributed by atoms with E-state index in [9.17, 15) is 9.18 Å². The molecule has 2 N–H and O–H groups in total. The predicted molar refractivity (Wildman–Crippen MR) is 115 cm³/mol. The van der Waals surface area contributed by atoms with Crippen molar-refractivity contribution in [3.05, 3.63) is 77.9 Å². The molecular formula is C23H24FN5O. The fourth-order valence-corrected chi connectivity index (χ4v) is 3.73. The van der Waals surface area contributed by atoms with Gasteiger partial charge in [-0.25, -0.2) is 14.4 Å². The molecule has 3 heterocycles. The van der Waals surface area contributed by atoms with Gasteiger partial charge in [-0.3, -0.25) is 9.69 Å². The molecule has 30 heavy (non-hydrogen) atoms. The number of halogens is 1. The average molecular weight is 405 g/mol. The van der Waals surface area contributed by atoms with Gasteiger partial charge in [-0.1, -0.05) is 24.3 Å². The molecule has 1 saturated heterocycles. The van der Waals surface area contributed by atoms with Crippen molar-refractivity contribution in [2.45, 2.75) is 25.8 Å². The molecule has 6 nitrogen and oxygen atoms in total. The smallest absolute Gasteiger partial charge is 0.238 e. The third-order valence-electron chi connectivity index (χ3n) is 5.23. The fraction of sp³-hybridized carbons (Fsp3) is 0.261. The van der Waals surface area contributed by atoms with Crippen molar-refractivity contribution in [1.29, 1.82) is 0 Å². The monoisotopic (exact) mass is 405 g/mol. The minimum atomic E-state index is -0.436. The normalized spacial score (nSPS) is 16.4. The van der Waals surface area contributed by atoms with Gasteiger partial charge in [-0.05, 0) is 62.2 Å². The molecule has 0 aliphatic carbocycles.